The van der Waals surface area contributed by atoms with Crippen molar-refractivity contribution in [2.24, 2.45) is 0 Å². The Morgan fingerprint density at radius 1 is 0.684 bits per heavy atom. The van der Waals surface area contributed by atoms with Crippen molar-refractivity contribution in [2.45, 2.75) is 84.5 Å². The van der Waals surface area contributed by atoms with Crippen molar-refractivity contribution in [1.29, 1.82) is 0 Å². The molecule has 0 spiro atoms. The van der Waals surface area contributed by atoms with Gasteiger partial charge in [-0.2, -0.15) is 0 Å². The lowest BCUT2D eigenvalue weighted by molar-refractivity contribution is -0.128. The van der Waals surface area contributed by atoms with Crippen LogP contribution in [-0.2, 0) is 9.59 Å². The van der Waals surface area contributed by atoms with Gasteiger partial charge in [0.1, 0.15) is 0 Å². The summed E-state index contributed by atoms with van der Waals surface area (Å²) in [6.45, 7) is 3.98. The van der Waals surface area contributed by atoms with Gasteiger partial charge in [-0.15, -0.1) is 0 Å². The lowest BCUT2D eigenvalue weighted by Crippen LogP contribution is -2.41. The predicted molar refractivity (Wildman–Crippen MR) is 78.4 cm³/mol. The van der Waals surface area contributed by atoms with E-state index >= 15 is 0 Å². The third-order valence-electron chi connectivity index (χ3n) is 3.17. The van der Waals surface area contributed by atoms with E-state index in [-0.39, 0.29) is 11.8 Å². The molecule has 0 bridgehead atoms. The molecule has 0 rings (SSSR count). The first-order valence-electron chi connectivity index (χ1n) is 7.78. The molecule has 0 aliphatic carbocycles. The minimum atomic E-state index is -0.152. The van der Waals surface area contributed by atoms with E-state index in [0.717, 1.165) is 12.8 Å². The molecule has 0 aromatic carbocycles. The Labute approximate surface area is 117 Å². The van der Waals surface area contributed by atoms with Crippen LogP contribution in [0.5, 0.6) is 0 Å². The average molecular weight is 270 g/mol. The molecule has 0 saturated heterocycles. The summed E-state index contributed by atoms with van der Waals surface area (Å²) in [5, 5.41) is 0. The van der Waals surface area contributed by atoms with E-state index in [4.69, 9.17) is 0 Å². The molecule has 2 amide bonds. The van der Waals surface area contributed by atoms with E-state index in [0.29, 0.717) is 12.8 Å². The second-order valence-corrected chi connectivity index (χ2v) is 5.03. The molecule has 0 atom stereocenters. The maximum Gasteiger partial charge on any atom is 0.238 e. The summed E-state index contributed by atoms with van der Waals surface area (Å²) in [4.78, 5) is 22.3. The summed E-state index contributed by atoms with van der Waals surface area (Å²) in [6, 6.07) is 0. The fraction of sp³-hybridized carbons (Fsp3) is 0.867. The molecular weight excluding hydrogens is 240 g/mol. The molecule has 4 heteroatoms. The number of rotatable bonds is 11. The first-order valence-corrected chi connectivity index (χ1v) is 7.78. The molecule has 0 unspecified atom stereocenters. The van der Waals surface area contributed by atoms with E-state index in [1.165, 1.54) is 44.9 Å². The van der Waals surface area contributed by atoms with Gasteiger partial charge >= 0.3 is 0 Å². The van der Waals surface area contributed by atoms with Crippen LogP contribution in [0.4, 0.5) is 0 Å². The van der Waals surface area contributed by atoms with Crippen LogP contribution in [-0.4, -0.2) is 11.8 Å². The molecule has 0 aromatic heterocycles. The molecule has 0 fully saturated rings. The predicted octanol–water partition coefficient (Wildman–Crippen LogP) is 3.46. The Hall–Kier alpha value is -1.06. The highest BCUT2D eigenvalue weighted by atomic mass is 16.2. The summed E-state index contributed by atoms with van der Waals surface area (Å²) >= 11 is 0. The van der Waals surface area contributed by atoms with Crippen LogP contribution in [0.15, 0.2) is 0 Å². The minimum Gasteiger partial charge on any atom is -0.273 e. The van der Waals surface area contributed by atoms with E-state index in [9.17, 15) is 9.59 Å². The van der Waals surface area contributed by atoms with Crippen LogP contribution < -0.4 is 10.9 Å². The van der Waals surface area contributed by atoms with Gasteiger partial charge < -0.3 is 0 Å². The first-order chi connectivity index (χ1) is 9.20. The van der Waals surface area contributed by atoms with Crippen LogP contribution >= 0.6 is 0 Å². The number of hydrazine groups is 1. The number of hydrogen-bond donors (Lipinski definition) is 2. The van der Waals surface area contributed by atoms with Crippen LogP contribution in [0, 0.1) is 0 Å². The van der Waals surface area contributed by atoms with E-state index in [1.807, 2.05) is 0 Å². The number of nitrogens with one attached hydrogen (secondary N) is 2. The third-order valence-corrected chi connectivity index (χ3v) is 3.17. The van der Waals surface area contributed by atoms with E-state index in [2.05, 4.69) is 17.8 Å². The molecule has 0 aliphatic heterocycles. The SMILES string of the molecule is CCCCCCCCCCCC(=O)NNC(=O)CC. The standard InChI is InChI=1S/C15H30N2O2/c1-3-5-6-7-8-9-10-11-12-13-15(19)17-16-14(18)4-2/h3-13H2,1-2H3,(H,16,18)(H,17,19). The van der Waals surface area contributed by atoms with Crippen LogP contribution in [0.25, 0.3) is 0 Å². The highest BCUT2D eigenvalue weighted by molar-refractivity contribution is 5.81. The van der Waals surface area contributed by atoms with Gasteiger partial charge in [0, 0.05) is 12.8 Å². The smallest absolute Gasteiger partial charge is 0.238 e. The summed E-state index contributed by atoms with van der Waals surface area (Å²) in [5.74, 6) is -0.245. The monoisotopic (exact) mass is 270 g/mol. The second-order valence-electron chi connectivity index (χ2n) is 5.03. The Bertz CT molecular complexity index is 242. The normalized spacial score (nSPS) is 10.2. The Balaban J connectivity index is 3.21. The number of carbonyl (C=O) groups excluding carboxylic acids is 2. The molecule has 0 aromatic rings. The van der Waals surface area contributed by atoms with Crippen LogP contribution in [0.1, 0.15) is 84.5 Å². The highest BCUT2D eigenvalue weighted by Gasteiger charge is 2.02. The van der Waals surface area contributed by atoms with Gasteiger partial charge in [-0.05, 0) is 6.42 Å². The van der Waals surface area contributed by atoms with Gasteiger partial charge in [-0.25, -0.2) is 0 Å². The summed E-state index contributed by atoms with van der Waals surface area (Å²) in [5.41, 5.74) is 4.79. The van der Waals surface area contributed by atoms with Gasteiger partial charge in [-0.3, -0.25) is 20.4 Å². The molecule has 0 heterocycles. The Morgan fingerprint density at radius 2 is 1.16 bits per heavy atom. The number of carbonyl (C=O) groups is 2. The van der Waals surface area contributed by atoms with Crippen molar-refractivity contribution < 1.29 is 9.59 Å². The van der Waals surface area contributed by atoms with Crippen molar-refractivity contribution >= 4 is 11.8 Å². The molecule has 2 N–H and O–H groups in total. The van der Waals surface area contributed by atoms with E-state index in [1.54, 1.807) is 6.92 Å². The summed E-state index contributed by atoms with van der Waals surface area (Å²) in [6.07, 6.45) is 12.0. The second kappa shape index (κ2) is 13.4. The quantitative estimate of drug-likeness (QED) is 0.446. The zero-order valence-electron chi connectivity index (χ0n) is 12.6. The van der Waals surface area contributed by atoms with Crippen molar-refractivity contribution in [3.8, 4) is 0 Å². The highest BCUT2D eigenvalue weighted by Crippen LogP contribution is 2.10. The molecular formula is C15H30N2O2. The van der Waals surface area contributed by atoms with Gasteiger partial charge in [0.05, 0.1) is 0 Å². The minimum absolute atomic E-state index is 0.0928. The molecule has 0 aliphatic rings. The van der Waals surface area contributed by atoms with Gasteiger partial charge in [0.15, 0.2) is 0 Å². The van der Waals surface area contributed by atoms with Crippen LogP contribution in [0.2, 0.25) is 0 Å². The fourth-order valence-electron chi connectivity index (χ4n) is 1.89. The lowest BCUT2D eigenvalue weighted by Gasteiger charge is -2.06. The van der Waals surface area contributed by atoms with Crippen molar-refractivity contribution in [3.63, 3.8) is 0 Å². The Morgan fingerprint density at radius 3 is 1.68 bits per heavy atom. The molecule has 0 saturated carbocycles. The first kappa shape index (κ1) is 17.9. The topological polar surface area (TPSA) is 58.2 Å². The largest absolute Gasteiger partial charge is 0.273 e. The Kier molecular flexibility index (Phi) is 12.6. The lowest BCUT2D eigenvalue weighted by atomic mass is 10.1. The zero-order valence-corrected chi connectivity index (χ0v) is 12.6. The number of amides is 2. The number of hydrogen-bond acceptors (Lipinski definition) is 2. The summed E-state index contributed by atoms with van der Waals surface area (Å²) < 4.78 is 0. The van der Waals surface area contributed by atoms with Gasteiger partial charge in [-0.1, -0.05) is 65.2 Å². The van der Waals surface area contributed by atoms with E-state index < -0.39 is 0 Å². The summed E-state index contributed by atoms with van der Waals surface area (Å²) in [7, 11) is 0. The van der Waals surface area contributed by atoms with Crippen molar-refractivity contribution in [1.82, 2.24) is 10.9 Å². The maximum absolute atomic E-state index is 11.3. The zero-order chi connectivity index (χ0) is 14.3. The average Bonchev–Trinajstić information content (AvgIpc) is 2.42. The van der Waals surface area contributed by atoms with Crippen molar-refractivity contribution in [3.05, 3.63) is 0 Å². The third kappa shape index (κ3) is 13.2. The fourth-order valence-corrected chi connectivity index (χ4v) is 1.89. The molecule has 0 radical (unpaired) electrons. The van der Waals surface area contributed by atoms with Gasteiger partial charge in [0.2, 0.25) is 11.8 Å². The van der Waals surface area contributed by atoms with Crippen LogP contribution in [0.3, 0.4) is 0 Å². The molecule has 4 nitrogen and oxygen atoms in total. The van der Waals surface area contributed by atoms with Crippen molar-refractivity contribution in [2.75, 3.05) is 0 Å². The number of unbranched alkanes of at least 4 members (excludes halogenated alkanes) is 8. The molecule has 19 heavy (non-hydrogen) atoms. The maximum atomic E-state index is 11.3. The molecule has 112 valence electrons. The van der Waals surface area contributed by atoms with Gasteiger partial charge in [0.25, 0.3) is 0 Å².